The van der Waals surface area contributed by atoms with Crippen LogP contribution in [-0.2, 0) is 22.4 Å². The highest BCUT2D eigenvalue weighted by atomic mass is 32.1. The summed E-state index contributed by atoms with van der Waals surface area (Å²) in [7, 11) is 0. The molecule has 0 saturated carbocycles. The number of rotatable bonds is 5. The van der Waals surface area contributed by atoms with Gasteiger partial charge in [0.2, 0.25) is 11.8 Å². The van der Waals surface area contributed by atoms with E-state index < -0.39 is 0 Å². The van der Waals surface area contributed by atoms with Gasteiger partial charge in [-0.3, -0.25) is 9.59 Å². The Kier molecular flexibility index (Phi) is 5.17. The molecule has 1 fully saturated rings. The van der Waals surface area contributed by atoms with Crippen molar-refractivity contribution in [1.29, 1.82) is 5.26 Å². The third kappa shape index (κ3) is 3.60. The van der Waals surface area contributed by atoms with Gasteiger partial charge in [0.05, 0.1) is 11.5 Å². The summed E-state index contributed by atoms with van der Waals surface area (Å²) in [5, 5.41) is 13.0. The van der Waals surface area contributed by atoms with Crippen LogP contribution in [0.4, 0.5) is 5.00 Å². The van der Waals surface area contributed by atoms with Crippen molar-refractivity contribution in [3.8, 4) is 6.07 Å². The van der Waals surface area contributed by atoms with Crippen LogP contribution in [0.1, 0.15) is 41.7 Å². The van der Waals surface area contributed by atoms with E-state index in [1.807, 2.05) is 0 Å². The van der Waals surface area contributed by atoms with E-state index in [0.29, 0.717) is 30.1 Å². The molecule has 1 atom stereocenters. The van der Waals surface area contributed by atoms with Crippen LogP contribution in [0.25, 0.3) is 0 Å². The van der Waals surface area contributed by atoms with Crippen LogP contribution in [-0.4, -0.2) is 36.3 Å². The number of thiophene rings is 1. The number of carbonyl (C=O) groups is 2. The molecule has 0 unspecified atom stereocenters. The van der Waals surface area contributed by atoms with Crippen molar-refractivity contribution in [2.75, 3.05) is 25.0 Å². The Morgan fingerprint density at radius 3 is 2.88 bits per heavy atom. The van der Waals surface area contributed by atoms with Gasteiger partial charge in [-0.1, -0.05) is 0 Å². The first-order chi connectivity index (χ1) is 11.6. The van der Waals surface area contributed by atoms with Crippen LogP contribution in [0.15, 0.2) is 0 Å². The van der Waals surface area contributed by atoms with Crippen molar-refractivity contribution in [2.24, 2.45) is 11.7 Å². The summed E-state index contributed by atoms with van der Waals surface area (Å²) in [4.78, 5) is 26.8. The van der Waals surface area contributed by atoms with Gasteiger partial charge in [0.15, 0.2) is 0 Å². The Morgan fingerprint density at radius 2 is 2.17 bits per heavy atom. The van der Waals surface area contributed by atoms with E-state index >= 15 is 0 Å². The summed E-state index contributed by atoms with van der Waals surface area (Å²) in [5.74, 6) is -0.431. The van der Waals surface area contributed by atoms with E-state index in [-0.39, 0.29) is 17.7 Å². The number of nitriles is 1. The molecule has 0 bridgehead atoms. The summed E-state index contributed by atoms with van der Waals surface area (Å²) < 4.78 is 0. The minimum absolute atomic E-state index is 0.0763. The molecule has 0 aromatic carbocycles. The predicted molar refractivity (Wildman–Crippen MR) is 92.7 cm³/mol. The first-order valence-electron chi connectivity index (χ1n) is 8.44. The molecule has 1 aliphatic heterocycles. The average Bonchev–Trinajstić information content (AvgIpc) is 3.17. The van der Waals surface area contributed by atoms with Gasteiger partial charge in [0.25, 0.3) is 0 Å². The second-order valence-electron chi connectivity index (χ2n) is 6.51. The summed E-state index contributed by atoms with van der Waals surface area (Å²) in [6.45, 7) is 2.06. The smallest absolute Gasteiger partial charge is 0.226 e. The topological polar surface area (TPSA) is 99.2 Å². The largest absolute Gasteiger partial charge is 0.369 e. The zero-order valence-corrected chi connectivity index (χ0v) is 14.5. The number of nitrogens with two attached hydrogens (primary N) is 1. The monoisotopic (exact) mass is 346 g/mol. The summed E-state index contributed by atoms with van der Waals surface area (Å²) >= 11 is 1.55. The van der Waals surface area contributed by atoms with E-state index in [1.165, 1.54) is 4.88 Å². The number of aryl methyl sites for hydroxylation is 1. The number of hydrogen-bond donors (Lipinski definition) is 2. The van der Waals surface area contributed by atoms with Crippen molar-refractivity contribution >= 4 is 28.2 Å². The maximum Gasteiger partial charge on any atom is 0.226 e. The van der Waals surface area contributed by atoms with E-state index in [4.69, 9.17) is 5.73 Å². The number of likely N-dealkylation sites (tertiary alicyclic amines) is 1. The molecule has 2 heterocycles. The number of amides is 2. The van der Waals surface area contributed by atoms with Crippen molar-refractivity contribution in [3.05, 3.63) is 16.0 Å². The lowest BCUT2D eigenvalue weighted by Crippen LogP contribution is -2.29. The van der Waals surface area contributed by atoms with Crippen molar-refractivity contribution in [1.82, 2.24) is 4.90 Å². The first-order valence-corrected chi connectivity index (χ1v) is 9.26. The van der Waals surface area contributed by atoms with Crippen LogP contribution < -0.4 is 11.1 Å². The summed E-state index contributed by atoms with van der Waals surface area (Å²) in [6, 6.07) is 2.26. The summed E-state index contributed by atoms with van der Waals surface area (Å²) in [5.41, 5.74) is 7.11. The van der Waals surface area contributed by atoms with Crippen LogP contribution in [0.3, 0.4) is 0 Å². The molecule has 2 aliphatic rings. The Bertz CT molecular complexity index is 691. The molecule has 0 spiro atoms. The number of nitrogens with zero attached hydrogens (tertiary/aromatic N) is 2. The molecular weight excluding hydrogens is 324 g/mol. The number of primary amides is 1. The SMILES string of the molecule is N#Cc1c(NC(=O)CCN2CC[C@@H](C(N)=O)C2)sc2c1CCCC2. The van der Waals surface area contributed by atoms with Gasteiger partial charge < -0.3 is 16.0 Å². The maximum atomic E-state index is 12.2. The van der Waals surface area contributed by atoms with Gasteiger partial charge in [-0.25, -0.2) is 0 Å². The number of hydrogen-bond acceptors (Lipinski definition) is 5. The Labute approximate surface area is 145 Å². The van der Waals surface area contributed by atoms with Crippen molar-refractivity contribution in [2.45, 2.75) is 38.5 Å². The lowest BCUT2D eigenvalue weighted by atomic mass is 9.96. The second-order valence-corrected chi connectivity index (χ2v) is 7.62. The predicted octanol–water partition coefficient (Wildman–Crippen LogP) is 1.63. The zero-order valence-electron chi connectivity index (χ0n) is 13.6. The highest BCUT2D eigenvalue weighted by molar-refractivity contribution is 7.16. The van der Waals surface area contributed by atoms with Gasteiger partial charge in [0, 0.05) is 24.4 Å². The molecule has 1 aliphatic carbocycles. The highest BCUT2D eigenvalue weighted by Crippen LogP contribution is 2.37. The van der Waals surface area contributed by atoms with Gasteiger partial charge >= 0.3 is 0 Å². The Balaban J connectivity index is 1.55. The fourth-order valence-corrected chi connectivity index (χ4v) is 4.74. The minimum atomic E-state index is -0.259. The second kappa shape index (κ2) is 7.32. The van der Waals surface area contributed by atoms with Gasteiger partial charge in [-0.2, -0.15) is 5.26 Å². The van der Waals surface area contributed by atoms with Gasteiger partial charge in [-0.05, 0) is 44.2 Å². The van der Waals surface area contributed by atoms with Crippen LogP contribution in [0, 0.1) is 17.2 Å². The lowest BCUT2D eigenvalue weighted by Gasteiger charge is -2.14. The lowest BCUT2D eigenvalue weighted by molar-refractivity contribution is -0.121. The molecule has 24 heavy (non-hydrogen) atoms. The van der Waals surface area contributed by atoms with Crippen LogP contribution >= 0.6 is 11.3 Å². The molecule has 128 valence electrons. The Hall–Kier alpha value is -1.91. The zero-order chi connectivity index (χ0) is 17.1. The fraction of sp³-hybridized carbons (Fsp3) is 0.588. The van der Waals surface area contributed by atoms with E-state index in [1.54, 1.807) is 11.3 Å². The third-order valence-electron chi connectivity index (χ3n) is 4.87. The number of fused-ring (bicyclic) bond motifs is 1. The summed E-state index contributed by atoms with van der Waals surface area (Å²) in [6.07, 6.45) is 5.34. The quantitative estimate of drug-likeness (QED) is 0.846. The third-order valence-corrected chi connectivity index (χ3v) is 6.07. The fourth-order valence-electron chi connectivity index (χ4n) is 3.49. The molecule has 3 N–H and O–H groups in total. The molecule has 1 aromatic rings. The standard InChI is InChI=1S/C17H22N4O2S/c18-9-13-12-3-1-2-4-14(12)24-17(13)20-15(22)6-8-21-7-5-11(10-21)16(19)23/h11H,1-8,10H2,(H2,19,23)(H,20,22)/t11-/m1/s1. The molecule has 0 radical (unpaired) electrons. The number of anilines is 1. The van der Waals surface area contributed by atoms with E-state index in [9.17, 15) is 14.9 Å². The van der Waals surface area contributed by atoms with E-state index in [0.717, 1.165) is 44.2 Å². The van der Waals surface area contributed by atoms with Crippen LogP contribution in [0.2, 0.25) is 0 Å². The maximum absolute atomic E-state index is 12.2. The Morgan fingerprint density at radius 1 is 1.38 bits per heavy atom. The van der Waals surface area contributed by atoms with Crippen molar-refractivity contribution < 1.29 is 9.59 Å². The molecule has 3 rings (SSSR count). The molecule has 1 saturated heterocycles. The van der Waals surface area contributed by atoms with Crippen molar-refractivity contribution in [3.63, 3.8) is 0 Å². The highest BCUT2D eigenvalue weighted by Gasteiger charge is 2.27. The van der Waals surface area contributed by atoms with Crippen LogP contribution in [0.5, 0.6) is 0 Å². The normalized spacial score (nSPS) is 20.4. The first kappa shape index (κ1) is 16.9. The number of nitrogens with one attached hydrogen (secondary N) is 1. The molecule has 1 aromatic heterocycles. The minimum Gasteiger partial charge on any atom is -0.369 e. The average molecular weight is 346 g/mol. The van der Waals surface area contributed by atoms with E-state index in [2.05, 4.69) is 16.3 Å². The molecular formula is C17H22N4O2S. The molecule has 7 heteroatoms. The van der Waals surface area contributed by atoms with Gasteiger partial charge in [-0.15, -0.1) is 11.3 Å². The number of carbonyl (C=O) groups excluding carboxylic acids is 2. The molecule has 2 amide bonds. The molecule has 6 nitrogen and oxygen atoms in total. The van der Waals surface area contributed by atoms with Gasteiger partial charge in [0.1, 0.15) is 11.1 Å².